The molecule has 3 aromatic heterocycles. The summed E-state index contributed by atoms with van der Waals surface area (Å²) >= 11 is 0. The van der Waals surface area contributed by atoms with Gasteiger partial charge in [0.15, 0.2) is 5.82 Å². The molecule has 136 valence electrons. The molecule has 1 aliphatic heterocycles. The van der Waals surface area contributed by atoms with Gasteiger partial charge in [-0.2, -0.15) is 0 Å². The van der Waals surface area contributed by atoms with Crippen molar-refractivity contribution in [1.29, 1.82) is 0 Å². The summed E-state index contributed by atoms with van der Waals surface area (Å²) in [6.45, 7) is 2.94. The van der Waals surface area contributed by atoms with E-state index in [1.165, 1.54) is 0 Å². The molecule has 5 rings (SSSR count). The number of para-hydroxylation sites is 1. The number of aromatic amines is 1. The fourth-order valence-corrected chi connectivity index (χ4v) is 4.06. The van der Waals surface area contributed by atoms with Gasteiger partial charge in [-0.25, -0.2) is 15.0 Å². The van der Waals surface area contributed by atoms with Crippen LogP contribution in [0.2, 0.25) is 0 Å². The number of nitrogens with zero attached hydrogens (tertiary/aromatic N) is 5. The van der Waals surface area contributed by atoms with Gasteiger partial charge in [0.1, 0.15) is 17.7 Å². The van der Waals surface area contributed by atoms with Crippen molar-refractivity contribution in [3.05, 3.63) is 58.5 Å². The first-order chi connectivity index (χ1) is 13.1. The number of aromatic nitrogens is 5. The van der Waals surface area contributed by atoms with Crippen LogP contribution in [0.1, 0.15) is 30.4 Å². The summed E-state index contributed by atoms with van der Waals surface area (Å²) in [4.78, 5) is 31.5. The molecule has 1 fully saturated rings. The van der Waals surface area contributed by atoms with Gasteiger partial charge in [-0.1, -0.05) is 12.1 Å². The molecule has 1 unspecified atom stereocenters. The lowest BCUT2D eigenvalue weighted by Crippen LogP contribution is -2.27. The molecule has 1 atom stereocenters. The smallest absolute Gasteiger partial charge is 0.258 e. The fraction of sp³-hybridized carbons (Fsp3) is 0.300. The predicted molar refractivity (Wildman–Crippen MR) is 105 cm³/mol. The highest BCUT2D eigenvalue weighted by atomic mass is 16.1. The molecule has 0 radical (unpaired) electrons. The number of H-pyrrole nitrogens is 1. The lowest BCUT2D eigenvalue weighted by molar-refractivity contribution is 0.661. The number of benzene rings is 1. The Morgan fingerprint density at radius 1 is 1.19 bits per heavy atom. The van der Waals surface area contributed by atoms with Crippen LogP contribution < -0.4 is 10.5 Å². The van der Waals surface area contributed by atoms with E-state index in [1.807, 2.05) is 25.2 Å². The highest BCUT2D eigenvalue weighted by Gasteiger charge is 2.31. The number of nitrogens with one attached hydrogen (secondary N) is 1. The summed E-state index contributed by atoms with van der Waals surface area (Å²) in [5.41, 5.74) is 3.73. The predicted octanol–water partition coefficient (Wildman–Crippen LogP) is 2.85. The number of fused-ring (bicyclic) bond motifs is 2. The SMILES string of the molecule is Cc1cc2ncnc(N3CCCC3c3nc4ccccc4c(=O)[nH]3)c2n1C. The number of rotatable bonds is 2. The van der Waals surface area contributed by atoms with Gasteiger partial charge in [0.2, 0.25) is 0 Å². The summed E-state index contributed by atoms with van der Waals surface area (Å²) < 4.78 is 2.12. The van der Waals surface area contributed by atoms with Crippen molar-refractivity contribution in [3.63, 3.8) is 0 Å². The van der Waals surface area contributed by atoms with Crippen LogP contribution in [0.5, 0.6) is 0 Å². The van der Waals surface area contributed by atoms with Crippen LogP contribution in [-0.2, 0) is 7.05 Å². The van der Waals surface area contributed by atoms with Crippen LogP contribution in [0.3, 0.4) is 0 Å². The van der Waals surface area contributed by atoms with E-state index in [9.17, 15) is 4.79 Å². The zero-order chi connectivity index (χ0) is 18.5. The molecule has 4 heterocycles. The van der Waals surface area contributed by atoms with Gasteiger partial charge < -0.3 is 14.5 Å². The second-order valence-corrected chi connectivity index (χ2v) is 7.10. The van der Waals surface area contributed by atoms with Crippen LogP contribution >= 0.6 is 0 Å². The molecule has 0 bridgehead atoms. The maximum Gasteiger partial charge on any atom is 0.258 e. The fourth-order valence-electron chi connectivity index (χ4n) is 4.06. The molecule has 1 N–H and O–H groups in total. The minimum atomic E-state index is -0.0926. The highest BCUT2D eigenvalue weighted by Crippen LogP contribution is 2.37. The van der Waals surface area contributed by atoms with Gasteiger partial charge in [0.05, 0.1) is 22.5 Å². The Balaban J connectivity index is 1.66. The van der Waals surface area contributed by atoms with E-state index in [-0.39, 0.29) is 11.6 Å². The molecule has 1 saturated heterocycles. The molecule has 0 spiro atoms. The molecule has 1 aliphatic rings. The summed E-state index contributed by atoms with van der Waals surface area (Å²) in [6.07, 6.45) is 3.56. The van der Waals surface area contributed by atoms with Gasteiger partial charge in [-0.15, -0.1) is 0 Å². The molecule has 4 aromatic rings. The Morgan fingerprint density at radius 2 is 2.04 bits per heavy atom. The van der Waals surface area contributed by atoms with Crippen LogP contribution in [0, 0.1) is 6.92 Å². The van der Waals surface area contributed by atoms with Crippen molar-refractivity contribution in [2.45, 2.75) is 25.8 Å². The Morgan fingerprint density at radius 3 is 2.93 bits per heavy atom. The van der Waals surface area contributed by atoms with E-state index in [0.29, 0.717) is 11.2 Å². The first-order valence-corrected chi connectivity index (χ1v) is 9.16. The van der Waals surface area contributed by atoms with Gasteiger partial charge in [-0.3, -0.25) is 4.79 Å². The van der Waals surface area contributed by atoms with E-state index in [4.69, 9.17) is 4.98 Å². The molecule has 0 amide bonds. The lowest BCUT2D eigenvalue weighted by atomic mass is 10.2. The van der Waals surface area contributed by atoms with Gasteiger partial charge in [0, 0.05) is 19.3 Å². The highest BCUT2D eigenvalue weighted by molar-refractivity contribution is 5.88. The molecule has 27 heavy (non-hydrogen) atoms. The van der Waals surface area contributed by atoms with Crippen LogP contribution in [0.25, 0.3) is 21.9 Å². The van der Waals surface area contributed by atoms with Crippen molar-refractivity contribution in [3.8, 4) is 0 Å². The Kier molecular flexibility index (Phi) is 3.50. The third-order valence-corrected chi connectivity index (χ3v) is 5.51. The third kappa shape index (κ3) is 2.42. The summed E-state index contributed by atoms with van der Waals surface area (Å²) in [7, 11) is 2.03. The molecule has 1 aromatic carbocycles. The maximum atomic E-state index is 12.5. The number of anilines is 1. The zero-order valence-corrected chi connectivity index (χ0v) is 15.3. The minimum Gasteiger partial charge on any atom is -0.345 e. The number of aryl methyl sites for hydroxylation is 2. The van der Waals surface area contributed by atoms with Crippen molar-refractivity contribution in [1.82, 2.24) is 24.5 Å². The molecular weight excluding hydrogens is 340 g/mol. The average molecular weight is 360 g/mol. The second kappa shape index (κ2) is 5.90. The topological polar surface area (TPSA) is 79.7 Å². The first kappa shape index (κ1) is 16.0. The number of hydrogen-bond donors (Lipinski definition) is 1. The van der Waals surface area contributed by atoms with Crippen molar-refractivity contribution >= 4 is 27.8 Å². The van der Waals surface area contributed by atoms with Crippen LogP contribution in [-0.4, -0.2) is 31.0 Å². The van der Waals surface area contributed by atoms with E-state index in [0.717, 1.165) is 47.4 Å². The summed E-state index contributed by atoms with van der Waals surface area (Å²) in [5.74, 6) is 1.60. The standard InChI is InChI=1S/C20H20N6O/c1-12-10-15-17(25(12)2)19(22-11-21-15)26-9-5-8-16(26)18-23-14-7-4-3-6-13(14)20(27)24-18/h3-4,6-7,10-11,16H,5,8-9H2,1-2H3,(H,23,24,27). The van der Waals surface area contributed by atoms with E-state index >= 15 is 0 Å². The quantitative estimate of drug-likeness (QED) is 0.595. The van der Waals surface area contributed by atoms with Crippen LogP contribution in [0.4, 0.5) is 5.82 Å². The minimum absolute atomic E-state index is 0.00406. The zero-order valence-electron chi connectivity index (χ0n) is 15.3. The van der Waals surface area contributed by atoms with Crippen LogP contribution in [0.15, 0.2) is 41.5 Å². The molecular formula is C20H20N6O. The van der Waals surface area contributed by atoms with Crippen molar-refractivity contribution in [2.24, 2.45) is 7.05 Å². The molecule has 7 heteroatoms. The molecule has 7 nitrogen and oxygen atoms in total. The second-order valence-electron chi connectivity index (χ2n) is 7.10. The molecule has 0 saturated carbocycles. The average Bonchev–Trinajstić information content (AvgIpc) is 3.27. The van der Waals surface area contributed by atoms with Gasteiger partial charge in [-0.05, 0) is 38.0 Å². The van der Waals surface area contributed by atoms with E-state index in [2.05, 4.69) is 37.4 Å². The Bertz CT molecular complexity index is 1220. The van der Waals surface area contributed by atoms with Crippen molar-refractivity contribution in [2.75, 3.05) is 11.4 Å². The largest absolute Gasteiger partial charge is 0.345 e. The van der Waals surface area contributed by atoms with E-state index in [1.54, 1.807) is 12.4 Å². The normalized spacial score (nSPS) is 17.3. The van der Waals surface area contributed by atoms with Gasteiger partial charge >= 0.3 is 0 Å². The van der Waals surface area contributed by atoms with E-state index < -0.39 is 0 Å². The third-order valence-electron chi connectivity index (χ3n) is 5.51. The summed E-state index contributed by atoms with van der Waals surface area (Å²) in [6, 6.07) is 9.52. The van der Waals surface area contributed by atoms with Gasteiger partial charge in [0.25, 0.3) is 5.56 Å². The van der Waals surface area contributed by atoms with Crippen molar-refractivity contribution < 1.29 is 0 Å². The maximum absolute atomic E-state index is 12.5. The Labute approximate surface area is 155 Å². The first-order valence-electron chi connectivity index (χ1n) is 9.16. The monoisotopic (exact) mass is 360 g/mol. The lowest BCUT2D eigenvalue weighted by Gasteiger charge is -2.26. The Hall–Kier alpha value is -3.22. The number of hydrogen-bond acceptors (Lipinski definition) is 5. The summed E-state index contributed by atoms with van der Waals surface area (Å²) in [5, 5.41) is 0.619. The molecule has 0 aliphatic carbocycles.